The maximum atomic E-state index is 7.00. The van der Waals surface area contributed by atoms with Crippen molar-refractivity contribution in [3.8, 4) is 0 Å². The molecule has 0 spiro atoms. The van der Waals surface area contributed by atoms with Gasteiger partial charge < -0.3 is 60.8 Å². The minimum atomic E-state index is 0. The quantitative estimate of drug-likeness (QED) is 0.0755. The molecule has 0 saturated carbocycles. The van der Waals surface area contributed by atoms with Gasteiger partial charge in [0.15, 0.2) is 0 Å². The van der Waals surface area contributed by atoms with Crippen molar-refractivity contribution < 1.29 is 37.0 Å². The van der Waals surface area contributed by atoms with Crippen molar-refractivity contribution in [2.75, 3.05) is 80.2 Å². The van der Waals surface area contributed by atoms with Gasteiger partial charge in [-0.3, -0.25) is 0 Å². The molecule has 0 rings (SSSR count). The van der Waals surface area contributed by atoms with Gasteiger partial charge in [-0.25, -0.2) is 0 Å². The smallest absolute Gasteiger partial charge is 0.400 e. The molecule has 0 aromatic heterocycles. The third-order valence-electron chi connectivity index (χ3n) is 3.66. The van der Waals surface area contributed by atoms with Gasteiger partial charge in [-0.15, -0.1) is 0 Å². The van der Waals surface area contributed by atoms with E-state index in [9.17, 15) is 0 Å². The molecule has 0 aromatic rings. The fourth-order valence-electron chi connectivity index (χ4n) is 2.32. The zero-order valence-electron chi connectivity index (χ0n) is 21.2. The summed E-state index contributed by atoms with van der Waals surface area (Å²) in [6.45, 7) is 14.2. The van der Waals surface area contributed by atoms with Gasteiger partial charge in [0.05, 0.1) is 0 Å². The van der Waals surface area contributed by atoms with E-state index in [0.29, 0.717) is 25.6 Å². The molecule has 9 nitrogen and oxygen atoms in total. The number of nitrogens with one attached hydrogen (secondary N) is 3. The van der Waals surface area contributed by atoms with E-state index in [2.05, 4.69) is 22.9 Å². The van der Waals surface area contributed by atoms with E-state index >= 15 is 0 Å². The zero-order chi connectivity index (χ0) is 24.5. The van der Waals surface area contributed by atoms with Crippen LogP contribution in [0.25, 0.3) is 0 Å². The van der Waals surface area contributed by atoms with Crippen molar-refractivity contribution in [1.82, 2.24) is 16.0 Å². The molecule has 31 heavy (non-hydrogen) atoms. The molecule has 12 N–H and O–H groups in total. The topological polar surface area (TPSA) is 175 Å². The van der Waals surface area contributed by atoms with Gasteiger partial charge in [0.1, 0.15) is 0 Å². The van der Waals surface area contributed by atoms with E-state index in [1.165, 1.54) is 6.42 Å². The molecule has 0 aromatic carbocycles. The van der Waals surface area contributed by atoms with Crippen LogP contribution in [0.4, 0.5) is 0 Å². The van der Waals surface area contributed by atoms with Crippen molar-refractivity contribution in [3.05, 3.63) is 12.3 Å². The van der Waals surface area contributed by atoms with Gasteiger partial charge in [0, 0.05) is 60.6 Å². The van der Waals surface area contributed by atoms with Gasteiger partial charge in [0.2, 0.25) is 0 Å². The van der Waals surface area contributed by atoms with Crippen LogP contribution in [0.15, 0.2) is 0 Å². The Balaban J connectivity index is -0.000000136. The average molecular weight is 489 g/mol. The molecule has 0 fully saturated rings. The average Bonchev–Trinajstić information content (AvgIpc) is 2.80. The summed E-state index contributed by atoms with van der Waals surface area (Å²) in [5.74, 6) is 2.26. The first-order valence-electron chi connectivity index (χ1n) is 10.8. The molecule has 0 heterocycles. The van der Waals surface area contributed by atoms with Gasteiger partial charge in [-0.2, -0.15) is 32.6 Å². The molecule has 10 heteroatoms. The van der Waals surface area contributed by atoms with Gasteiger partial charge in [-0.05, 0) is 19.6 Å². The number of rotatable bonds is 16. The second kappa shape index (κ2) is 52.3. The van der Waals surface area contributed by atoms with Crippen molar-refractivity contribution in [2.45, 2.75) is 40.0 Å². The second-order valence-corrected chi connectivity index (χ2v) is 6.04. The largest absolute Gasteiger partial charge is 2.00 e. The van der Waals surface area contributed by atoms with Crippen LogP contribution in [0.2, 0.25) is 0 Å². The van der Waals surface area contributed by atoms with Crippen LogP contribution in [0.1, 0.15) is 40.0 Å². The maximum absolute atomic E-state index is 7.00. The normalized spacial score (nSPS) is 9.97. The molecule has 0 radical (unpaired) electrons. The van der Waals surface area contributed by atoms with Crippen LogP contribution in [-0.4, -0.2) is 95.6 Å². The molecule has 0 saturated heterocycles. The number of hydrogen-bond donors (Lipinski definition) is 9. The zero-order valence-corrected chi connectivity index (χ0v) is 22.8. The Morgan fingerprint density at radius 3 is 1.26 bits per heavy atom. The SMILES string of the molecule is CC(CCNCCN)[C-](CCNCCN)CCNCCN.CO.CO.CO.C[CH-]C.[Ti+2]. The Morgan fingerprint density at radius 2 is 0.968 bits per heavy atom. The number of aliphatic hydroxyl groups is 3. The third-order valence-corrected chi connectivity index (χ3v) is 3.66. The van der Waals surface area contributed by atoms with Crippen LogP contribution in [0.3, 0.4) is 0 Å². The Morgan fingerprint density at radius 1 is 0.677 bits per heavy atom. The summed E-state index contributed by atoms with van der Waals surface area (Å²) in [6.07, 6.45) is 5.42. The standard InChI is InChI=1S/C15H37N6.C3H7.3CH4O.Ti/c1-14(2-8-19-11-5-16)15(3-9-20-12-6-17)4-10-21-13-7-18;1-3-2;3*1-2;/h14,19-21H,2-13,16-18H2,1H3;3H,1-2H3;3*2H,1H3;/q2*-1;;;;+2. The van der Waals surface area contributed by atoms with Crippen LogP contribution < -0.4 is 33.2 Å². The molecule has 0 bridgehead atoms. The fraction of sp³-hybridized carbons (Fsp3) is 0.905. The van der Waals surface area contributed by atoms with Crippen molar-refractivity contribution in [3.63, 3.8) is 0 Å². The Bertz CT molecular complexity index is 225. The minimum Gasteiger partial charge on any atom is -0.400 e. The van der Waals surface area contributed by atoms with Crippen LogP contribution in [-0.2, 0) is 21.7 Å². The number of nitrogens with two attached hydrogens (primary N) is 3. The Labute approximate surface area is 208 Å². The van der Waals surface area contributed by atoms with E-state index in [4.69, 9.17) is 32.5 Å². The summed E-state index contributed by atoms with van der Waals surface area (Å²) < 4.78 is 0. The molecule has 1 unspecified atom stereocenters. The summed E-state index contributed by atoms with van der Waals surface area (Å²) >= 11 is 0. The van der Waals surface area contributed by atoms with E-state index in [1.807, 2.05) is 20.3 Å². The monoisotopic (exact) mass is 488 g/mol. The summed E-state index contributed by atoms with van der Waals surface area (Å²) in [7, 11) is 3.00. The van der Waals surface area contributed by atoms with Crippen molar-refractivity contribution in [1.29, 1.82) is 0 Å². The van der Waals surface area contributed by atoms with Crippen LogP contribution in [0.5, 0.6) is 0 Å². The number of aliphatic hydroxyl groups excluding tert-OH is 3. The van der Waals surface area contributed by atoms with Crippen molar-refractivity contribution >= 4 is 0 Å². The molecule has 192 valence electrons. The summed E-state index contributed by atoms with van der Waals surface area (Å²) in [5.41, 5.74) is 16.5. The van der Waals surface area contributed by atoms with E-state index in [-0.39, 0.29) is 21.7 Å². The second-order valence-electron chi connectivity index (χ2n) is 6.04. The summed E-state index contributed by atoms with van der Waals surface area (Å²) in [4.78, 5) is 0. The maximum Gasteiger partial charge on any atom is 2.00 e. The van der Waals surface area contributed by atoms with Gasteiger partial charge in [0.25, 0.3) is 0 Å². The van der Waals surface area contributed by atoms with Gasteiger partial charge >= 0.3 is 21.7 Å². The third kappa shape index (κ3) is 48.8. The molecule has 0 aliphatic rings. The summed E-state index contributed by atoms with van der Waals surface area (Å²) in [5, 5.41) is 31.1. The predicted octanol–water partition coefficient (Wildman–Crippen LogP) is -0.934. The Hall–Kier alpha value is 0.354. The number of hydrogen-bond acceptors (Lipinski definition) is 9. The molecule has 1 atom stereocenters. The minimum absolute atomic E-state index is 0. The van der Waals surface area contributed by atoms with Gasteiger partial charge in [-0.1, -0.05) is 13.3 Å². The first-order chi connectivity index (χ1) is 14.7. The first-order valence-corrected chi connectivity index (χ1v) is 10.8. The van der Waals surface area contributed by atoms with Crippen molar-refractivity contribution in [2.24, 2.45) is 23.1 Å². The molecular formula is C21H56N6O3Ti. The molecule has 0 amide bonds. The fourth-order valence-corrected chi connectivity index (χ4v) is 2.32. The summed E-state index contributed by atoms with van der Waals surface area (Å²) in [6, 6.07) is 0. The van der Waals surface area contributed by atoms with Crippen LogP contribution in [0, 0.1) is 18.3 Å². The van der Waals surface area contributed by atoms with E-state index in [0.717, 1.165) is 73.4 Å². The molecule has 0 aliphatic carbocycles. The molecule has 0 aliphatic heterocycles. The first kappa shape index (κ1) is 44.9. The molecular weight excluding hydrogens is 432 g/mol. The Kier molecular flexibility index (Phi) is 75.9. The predicted molar refractivity (Wildman–Crippen MR) is 132 cm³/mol. The van der Waals surface area contributed by atoms with E-state index < -0.39 is 0 Å². The van der Waals surface area contributed by atoms with E-state index in [1.54, 1.807) is 5.92 Å². The van der Waals surface area contributed by atoms with Crippen LogP contribution >= 0.6 is 0 Å².